The molecule has 2 aliphatic heterocycles. The van der Waals surface area contributed by atoms with Crippen molar-refractivity contribution in [1.29, 1.82) is 0 Å². The molecule has 5 unspecified atom stereocenters. The summed E-state index contributed by atoms with van der Waals surface area (Å²) in [5, 5.41) is 7.44. The molecule has 4 heteroatoms. The molecular weight excluding hydrogens is 212 g/mol. The predicted molar refractivity (Wildman–Crippen MR) is 70.9 cm³/mol. The topological polar surface area (TPSA) is 31.0 Å². The molecule has 0 amide bonds. The molecule has 2 aliphatic rings. The molecule has 17 heavy (non-hydrogen) atoms. The van der Waals surface area contributed by atoms with Gasteiger partial charge in [-0.15, -0.1) is 0 Å². The Morgan fingerprint density at radius 2 is 1.82 bits per heavy atom. The van der Waals surface area contributed by atoms with Crippen LogP contribution < -0.4 is 5.43 Å². The maximum Gasteiger partial charge on any atom is 0.0969 e. The predicted octanol–water partition coefficient (Wildman–Crippen LogP) is 2.00. The normalized spacial score (nSPS) is 40.1. The number of rotatable bonds is 7. The van der Waals surface area contributed by atoms with Crippen LogP contribution in [0.5, 0.6) is 0 Å². The SMILES string of the molecule is CCC1N(CC)N1C(C)CN1NC1(CC)CC. The van der Waals surface area contributed by atoms with Gasteiger partial charge in [-0.25, -0.2) is 20.5 Å². The molecule has 2 rings (SSSR count). The van der Waals surface area contributed by atoms with Crippen LogP contribution in [0, 0.1) is 0 Å². The molecule has 5 atom stereocenters. The van der Waals surface area contributed by atoms with Crippen LogP contribution in [0.15, 0.2) is 0 Å². The summed E-state index contributed by atoms with van der Waals surface area (Å²) in [5.41, 5.74) is 3.86. The fourth-order valence-electron chi connectivity index (χ4n) is 3.17. The first kappa shape index (κ1) is 13.3. The second-order valence-corrected chi connectivity index (χ2v) is 5.33. The minimum absolute atomic E-state index is 0.309. The third kappa shape index (κ3) is 2.24. The van der Waals surface area contributed by atoms with Crippen molar-refractivity contribution >= 4 is 0 Å². The Balaban J connectivity index is 1.82. The van der Waals surface area contributed by atoms with E-state index in [4.69, 9.17) is 0 Å². The highest BCUT2D eigenvalue weighted by Crippen LogP contribution is 2.36. The molecule has 4 nitrogen and oxygen atoms in total. The van der Waals surface area contributed by atoms with Gasteiger partial charge in [-0.2, -0.15) is 0 Å². The maximum absolute atomic E-state index is 3.55. The summed E-state index contributed by atoms with van der Waals surface area (Å²) in [4.78, 5) is 0. The minimum atomic E-state index is 0.309. The monoisotopic (exact) mass is 240 g/mol. The number of hydrazine groups is 2. The van der Waals surface area contributed by atoms with E-state index < -0.39 is 0 Å². The molecule has 0 aliphatic carbocycles. The molecule has 0 aromatic rings. The fraction of sp³-hybridized carbons (Fsp3) is 1.00. The Bertz CT molecular complexity index is 254. The molecule has 0 spiro atoms. The van der Waals surface area contributed by atoms with Gasteiger partial charge in [-0.1, -0.05) is 27.7 Å². The zero-order valence-electron chi connectivity index (χ0n) is 12.0. The van der Waals surface area contributed by atoms with Gasteiger partial charge in [0.15, 0.2) is 0 Å². The van der Waals surface area contributed by atoms with Crippen LogP contribution in [0.1, 0.15) is 53.9 Å². The fourth-order valence-corrected chi connectivity index (χ4v) is 3.17. The third-order valence-corrected chi connectivity index (χ3v) is 4.46. The lowest BCUT2D eigenvalue weighted by Gasteiger charge is -2.16. The molecule has 0 aromatic heterocycles. The standard InChI is InChI=1S/C13H28N4/c1-6-12-15(9-4)17(12)11(5)10-16-13(7-2,8-3)14-16/h11-12,14H,6-10H2,1-5H3. The highest BCUT2D eigenvalue weighted by Gasteiger charge is 2.52. The van der Waals surface area contributed by atoms with Gasteiger partial charge in [0.2, 0.25) is 0 Å². The van der Waals surface area contributed by atoms with Gasteiger partial charge in [-0.05, 0) is 26.2 Å². The van der Waals surface area contributed by atoms with Crippen molar-refractivity contribution in [2.45, 2.75) is 71.8 Å². The Kier molecular flexibility index (Phi) is 3.78. The molecule has 1 N–H and O–H groups in total. The van der Waals surface area contributed by atoms with Crippen molar-refractivity contribution in [2.75, 3.05) is 13.1 Å². The molecule has 100 valence electrons. The molecule has 0 aromatic carbocycles. The van der Waals surface area contributed by atoms with Crippen LogP contribution in [-0.4, -0.2) is 46.0 Å². The van der Waals surface area contributed by atoms with E-state index in [-0.39, 0.29) is 0 Å². The first-order valence-electron chi connectivity index (χ1n) is 7.23. The highest BCUT2D eigenvalue weighted by atomic mass is 15.9. The Labute approximate surface area is 106 Å². The van der Waals surface area contributed by atoms with E-state index in [0.717, 1.165) is 13.1 Å². The average molecular weight is 240 g/mol. The van der Waals surface area contributed by atoms with E-state index in [1.807, 2.05) is 0 Å². The molecule has 0 radical (unpaired) electrons. The summed E-state index contributed by atoms with van der Waals surface area (Å²) in [6, 6.07) is 0.618. The van der Waals surface area contributed by atoms with Crippen LogP contribution in [0.3, 0.4) is 0 Å². The van der Waals surface area contributed by atoms with E-state index >= 15 is 0 Å². The smallest absolute Gasteiger partial charge is 0.0969 e. The lowest BCUT2D eigenvalue weighted by Crippen LogP contribution is -2.31. The lowest BCUT2D eigenvalue weighted by molar-refractivity contribution is 0.215. The van der Waals surface area contributed by atoms with Crippen LogP contribution in [-0.2, 0) is 0 Å². The largest absolute Gasteiger partial charge is 0.232 e. The van der Waals surface area contributed by atoms with E-state index in [2.05, 4.69) is 55.1 Å². The summed E-state index contributed by atoms with van der Waals surface area (Å²) >= 11 is 0. The Morgan fingerprint density at radius 3 is 2.18 bits per heavy atom. The van der Waals surface area contributed by atoms with Gasteiger partial charge >= 0.3 is 0 Å². The van der Waals surface area contributed by atoms with E-state index in [0.29, 0.717) is 17.9 Å². The number of nitrogens with zero attached hydrogens (tertiary/aromatic N) is 3. The zero-order chi connectivity index (χ0) is 12.6. The van der Waals surface area contributed by atoms with Gasteiger partial charge in [0.05, 0.1) is 11.8 Å². The van der Waals surface area contributed by atoms with Crippen molar-refractivity contribution in [2.24, 2.45) is 0 Å². The van der Waals surface area contributed by atoms with Crippen molar-refractivity contribution in [3.63, 3.8) is 0 Å². The number of hydrogen-bond donors (Lipinski definition) is 1. The van der Waals surface area contributed by atoms with Crippen LogP contribution >= 0.6 is 0 Å². The van der Waals surface area contributed by atoms with Crippen molar-refractivity contribution < 1.29 is 0 Å². The van der Waals surface area contributed by atoms with Crippen LogP contribution in [0.4, 0.5) is 0 Å². The summed E-state index contributed by atoms with van der Waals surface area (Å²) in [5.74, 6) is 0. The second-order valence-electron chi connectivity index (χ2n) is 5.33. The Hall–Kier alpha value is -0.160. The summed E-state index contributed by atoms with van der Waals surface area (Å²) in [7, 11) is 0. The van der Waals surface area contributed by atoms with Crippen molar-refractivity contribution in [3.05, 3.63) is 0 Å². The average Bonchev–Trinajstić information content (AvgIpc) is 3.22. The van der Waals surface area contributed by atoms with Gasteiger partial charge in [-0.3, -0.25) is 0 Å². The van der Waals surface area contributed by atoms with Gasteiger partial charge < -0.3 is 0 Å². The highest BCUT2D eigenvalue weighted by molar-refractivity contribution is 4.98. The van der Waals surface area contributed by atoms with E-state index in [1.165, 1.54) is 19.3 Å². The first-order valence-corrected chi connectivity index (χ1v) is 7.23. The maximum atomic E-state index is 3.55. The zero-order valence-corrected chi connectivity index (χ0v) is 12.0. The van der Waals surface area contributed by atoms with E-state index in [1.54, 1.807) is 0 Å². The number of hydrogen-bond acceptors (Lipinski definition) is 4. The molecule has 0 saturated carbocycles. The van der Waals surface area contributed by atoms with Crippen LogP contribution in [0.2, 0.25) is 0 Å². The molecule has 0 bridgehead atoms. The van der Waals surface area contributed by atoms with Crippen molar-refractivity contribution in [3.8, 4) is 0 Å². The molecule has 2 heterocycles. The van der Waals surface area contributed by atoms with Crippen LogP contribution in [0.25, 0.3) is 0 Å². The molecule has 2 fully saturated rings. The number of nitrogens with one attached hydrogen (secondary N) is 1. The van der Waals surface area contributed by atoms with Gasteiger partial charge in [0.25, 0.3) is 0 Å². The summed E-state index contributed by atoms with van der Waals surface area (Å²) in [6.45, 7) is 13.7. The third-order valence-electron chi connectivity index (χ3n) is 4.46. The summed E-state index contributed by atoms with van der Waals surface area (Å²) in [6.07, 6.45) is 4.32. The lowest BCUT2D eigenvalue weighted by atomic mass is 10.1. The quantitative estimate of drug-likeness (QED) is 0.690. The van der Waals surface area contributed by atoms with E-state index in [9.17, 15) is 0 Å². The molecular formula is C13H28N4. The second kappa shape index (κ2) is 4.84. The van der Waals surface area contributed by atoms with Gasteiger partial charge in [0.1, 0.15) is 0 Å². The Morgan fingerprint density at radius 1 is 1.18 bits per heavy atom. The molecule has 2 saturated heterocycles. The minimum Gasteiger partial charge on any atom is -0.232 e. The summed E-state index contributed by atoms with van der Waals surface area (Å²) < 4.78 is 0. The van der Waals surface area contributed by atoms with Gasteiger partial charge in [0, 0.05) is 19.1 Å². The first-order chi connectivity index (χ1) is 8.13. The van der Waals surface area contributed by atoms with Crippen molar-refractivity contribution in [1.82, 2.24) is 20.5 Å².